The third-order valence-corrected chi connectivity index (χ3v) is 9.85. The first-order valence-corrected chi connectivity index (χ1v) is 12.0. The number of ether oxygens (including phenoxy) is 5. The second kappa shape index (κ2) is 6.86. The Bertz CT molecular complexity index is 1060. The van der Waals surface area contributed by atoms with Gasteiger partial charge in [0.25, 0.3) is 0 Å². The van der Waals surface area contributed by atoms with Crippen LogP contribution in [0.25, 0.3) is 0 Å². The maximum Gasteiger partial charge on any atom is 1.00 e. The Morgan fingerprint density at radius 1 is 1.18 bits per heavy atom. The Labute approximate surface area is 219 Å². The monoisotopic (exact) mass is 482 g/mol. The molecule has 9 atom stereocenters. The summed E-state index contributed by atoms with van der Waals surface area (Å²) in [6.45, 7) is 6.62. The molecule has 2 spiro atoms. The maximum atomic E-state index is 12.7. The van der Waals surface area contributed by atoms with Crippen molar-refractivity contribution in [1.29, 1.82) is 0 Å². The molecule has 0 aromatic heterocycles. The molecule has 0 N–H and O–H groups in total. The van der Waals surface area contributed by atoms with Crippen molar-refractivity contribution in [2.24, 2.45) is 17.3 Å². The zero-order valence-electron chi connectivity index (χ0n) is 19.9. The van der Waals surface area contributed by atoms with Gasteiger partial charge in [-0.05, 0) is 43.1 Å². The Morgan fingerprint density at radius 2 is 1.94 bits per heavy atom. The average molecular weight is 482 g/mol. The molecule has 0 amide bonds. The van der Waals surface area contributed by atoms with Crippen LogP contribution in [0.4, 0.5) is 0 Å². The van der Waals surface area contributed by atoms with Gasteiger partial charge in [0.2, 0.25) is 0 Å². The van der Waals surface area contributed by atoms with Crippen molar-refractivity contribution in [2.45, 2.75) is 94.1 Å². The molecule has 0 bridgehead atoms. The first kappa shape index (κ1) is 23.4. The summed E-state index contributed by atoms with van der Waals surface area (Å²) in [7, 11) is 0. The van der Waals surface area contributed by atoms with E-state index in [0.29, 0.717) is 19.4 Å². The quantitative estimate of drug-likeness (QED) is 0.232. The number of carbonyl (C=O) groups is 3. The molecule has 4 heterocycles. The van der Waals surface area contributed by atoms with Gasteiger partial charge in [-0.15, -0.1) is 0 Å². The minimum atomic E-state index is -1.29. The molecule has 0 unspecified atom stereocenters. The van der Waals surface area contributed by atoms with Gasteiger partial charge in [0, 0.05) is 17.0 Å². The molecule has 2 saturated carbocycles. The molecule has 7 rings (SSSR count). The van der Waals surface area contributed by atoms with E-state index in [1.807, 2.05) is 13.8 Å². The summed E-state index contributed by atoms with van der Waals surface area (Å²) in [5, 5.41) is 10.9. The normalized spacial score (nSPS) is 50.4. The van der Waals surface area contributed by atoms with E-state index >= 15 is 0 Å². The fourth-order valence-corrected chi connectivity index (χ4v) is 8.24. The predicted molar refractivity (Wildman–Crippen MR) is 105 cm³/mol. The molecule has 3 saturated heterocycles. The van der Waals surface area contributed by atoms with E-state index in [0.717, 1.165) is 17.6 Å². The molecule has 3 aliphatic carbocycles. The first-order chi connectivity index (χ1) is 15.6. The molecular formula is C24H27NaO9. The summed E-state index contributed by atoms with van der Waals surface area (Å²) in [6.07, 6.45) is 0.210. The van der Waals surface area contributed by atoms with Crippen LogP contribution < -0.4 is 34.7 Å². The van der Waals surface area contributed by atoms with Crippen molar-refractivity contribution in [1.82, 2.24) is 0 Å². The summed E-state index contributed by atoms with van der Waals surface area (Å²) in [5.41, 5.74) is -0.635. The molecule has 4 aliphatic heterocycles. The average Bonchev–Trinajstić information content (AvgIpc) is 3.65. The largest absolute Gasteiger partial charge is 1.00 e. The van der Waals surface area contributed by atoms with Crippen LogP contribution in [0.15, 0.2) is 11.1 Å². The number of esters is 2. The van der Waals surface area contributed by atoms with Gasteiger partial charge in [0.1, 0.15) is 30.0 Å². The van der Waals surface area contributed by atoms with E-state index in [4.69, 9.17) is 23.7 Å². The number of hydrogen-bond acceptors (Lipinski definition) is 9. The van der Waals surface area contributed by atoms with Crippen LogP contribution in [-0.2, 0) is 38.1 Å². The smallest absolute Gasteiger partial charge is 0.550 e. The number of carboxylic acid groups (broad SMARTS) is 1. The van der Waals surface area contributed by atoms with E-state index in [9.17, 15) is 19.5 Å². The first-order valence-electron chi connectivity index (χ1n) is 12.0. The topological polar surface area (TPSA) is 130 Å². The number of cyclic esters (lactones) is 1. The van der Waals surface area contributed by atoms with Crippen LogP contribution >= 0.6 is 0 Å². The fraction of sp³-hybridized carbons (Fsp3) is 0.792. The van der Waals surface area contributed by atoms with Gasteiger partial charge in [-0.2, -0.15) is 0 Å². The van der Waals surface area contributed by atoms with Crippen molar-refractivity contribution in [3.8, 4) is 0 Å². The van der Waals surface area contributed by atoms with E-state index in [1.54, 1.807) is 0 Å². The standard InChI is InChI=1S/C24H28O9.Na/c1-10(2)22-17(32-22)18-24(33-18)21(3)7-6-11-12(9-29-19(11)28)13(21)8-14-23(24,31-14)20(22)30-16(27)5-4-15(25)26;/h10,13-14,17-18,20H,4-9H2,1-3H3,(H,25,26);/q;+1/p-1/t13-,14-,17-,18-,20+,21-,22-,23+,24+;/m0./s1. The number of carbonyl (C=O) groups excluding carboxylic acids is 3. The minimum absolute atomic E-state index is 0. The number of hydrogen-bond donors (Lipinski definition) is 0. The summed E-state index contributed by atoms with van der Waals surface area (Å²) in [4.78, 5) is 35.8. The molecule has 7 aliphatic rings. The molecule has 10 heteroatoms. The Hall–Kier alpha value is -0.970. The number of fused-ring (bicyclic) bond motifs is 4. The van der Waals surface area contributed by atoms with Crippen molar-refractivity contribution in [3.63, 3.8) is 0 Å². The van der Waals surface area contributed by atoms with Crippen molar-refractivity contribution < 1.29 is 72.7 Å². The molecule has 0 aromatic carbocycles. The van der Waals surface area contributed by atoms with Gasteiger partial charge in [0.15, 0.2) is 11.7 Å². The van der Waals surface area contributed by atoms with Crippen LogP contribution in [0.3, 0.4) is 0 Å². The van der Waals surface area contributed by atoms with Gasteiger partial charge < -0.3 is 33.6 Å². The summed E-state index contributed by atoms with van der Waals surface area (Å²) >= 11 is 0. The SMILES string of the molecule is CC(C)[C@]12O[C@H]1[C@@H]1O[C@]13[C@]1(O[C@H]1C[C@H]1C4=C(CC[C@@]13C)C(=O)OC4)[C@@H]2OC(=O)CCC(=O)[O-].[Na+]. The molecule has 0 aromatic rings. The van der Waals surface area contributed by atoms with Gasteiger partial charge >= 0.3 is 41.5 Å². The summed E-state index contributed by atoms with van der Waals surface area (Å²) in [5.74, 6) is -1.94. The minimum Gasteiger partial charge on any atom is -0.550 e. The second-order valence-corrected chi connectivity index (χ2v) is 11.2. The van der Waals surface area contributed by atoms with Gasteiger partial charge in [-0.1, -0.05) is 20.8 Å². The van der Waals surface area contributed by atoms with E-state index < -0.39 is 41.3 Å². The Balaban J connectivity index is 0.00000217. The molecule has 0 radical (unpaired) electrons. The molecule has 9 nitrogen and oxygen atoms in total. The van der Waals surface area contributed by atoms with Crippen LogP contribution in [0.2, 0.25) is 0 Å². The van der Waals surface area contributed by atoms with Crippen LogP contribution in [-0.4, -0.2) is 65.7 Å². The van der Waals surface area contributed by atoms with Gasteiger partial charge in [0.05, 0.1) is 12.5 Å². The third-order valence-electron chi connectivity index (χ3n) is 9.85. The number of epoxide rings is 3. The molecular weight excluding hydrogens is 455 g/mol. The number of aliphatic carboxylic acids is 1. The van der Waals surface area contributed by atoms with Crippen molar-refractivity contribution >= 4 is 17.9 Å². The molecule has 5 fully saturated rings. The van der Waals surface area contributed by atoms with E-state index in [1.165, 1.54) is 0 Å². The van der Waals surface area contributed by atoms with Crippen LogP contribution in [0.5, 0.6) is 0 Å². The zero-order chi connectivity index (χ0) is 23.1. The molecule has 34 heavy (non-hydrogen) atoms. The van der Waals surface area contributed by atoms with Crippen molar-refractivity contribution in [3.05, 3.63) is 11.1 Å². The molecule has 178 valence electrons. The maximum absolute atomic E-state index is 12.7. The van der Waals surface area contributed by atoms with E-state index in [2.05, 4.69) is 6.92 Å². The Kier molecular flexibility index (Phi) is 4.73. The van der Waals surface area contributed by atoms with Crippen LogP contribution in [0.1, 0.15) is 52.9 Å². The number of rotatable bonds is 5. The third kappa shape index (κ3) is 2.40. The van der Waals surface area contributed by atoms with E-state index in [-0.39, 0.29) is 77.5 Å². The van der Waals surface area contributed by atoms with Crippen LogP contribution in [0, 0.1) is 17.3 Å². The predicted octanol–water partition coefficient (Wildman–Crippen LogP) is -2.81. The summed E-state index contributed by atoms with van der Waals surface area (Å²) < 4.78 is 30.9. The summed E-state index contributed by atoms with van der Waals surface area (Å²) in [6, 6.07) is 0. The van der Waals surface area contributed by atoms with Crippen molar-refractivity contribution in [2.75, 3.05) is 6.61 Å². The Morgan fingerprint density at radius 3 is 2.65 bits per heavy atom. The second-order valence-electron chi connectivity index (χ2n) is 11.2. The van der Waals surface area contributed by atoms with Gasteiger partial charge in [-0.3, -0.25) is 4.79 Å². The zero-order valence-corrected chi connectivity index (χ0v) is 21.9. The number of carboxylic acids is 1. The van der Waals surface area contributed by atoms with Gasteiger partial charge in [-0.25, -0.2) is 4.79 Å². The fourth-order valence-electron chi connectivity index (χ4n) is 8.24.